The summed E-state index contributed by atoms with van der Waals surface area (Å²) in [7, 11) is 0. The standard InChI is InChI=1S/C21H26N4O/c1-16-12-20-22-19(13-21(26)25(20)23-16)15-24-11-5-8-18(14-24)10-9-17-6-3-2-4-7-17/h2-4,6-7,12-13,18,23H,5,8-11,14-15H2,1H3. The van der Waals surface area contributed by atoms with E-state index >= 15 is 0 Å². The number of aromatic amines is 1. The molecule has 1 atom stereocenters. The molecule has 0 aliphatic carbocycles. The van der Waals surface area contributed by atoms with Crippen LogP contribution in [0.5, 0.6) is 0 Å². The molecule has 3 heterocycles. The van der Waals surface area contributed by atoms with E-state index in [1.807, 2.05) is 13.0 Å². The molecule has 1 aromatic carbocycles. The first-order chi connectivity index (χ1) is 12.7. The van der Waals surface area contributed by atoms with E-state index in [1.54, 1.807) is 6.07 Å². The molecule has 4 rings (SSSR count). The Morgan fingerprint density at radius 2 is 2.08 bits per heavy atom. The number of piperidine rings is 1. The van der Waals surface area contributed by atoms with Crippen LogP contribution in [0.3, 0.4) is 0 Å². The Labute approximate surface area is 153 Å². The summed E-state index contributed by atoms with van der Waals surface area (Å²) in [6.45, 7) is 4.89. The van der Waals surface area contributed by atoms with Gasteiger partial charge in [0.15, 0.2) is 5.65 Å². The maximum atomic E-state index is 12.3. The lowest BCUT2D eigenvalue weighted by atomic mass is 9.91. The minimum absolute atomic E-state index is 0.0317. The van der Waals surface area contributed by atoms with Crippen molar-refractivity contribution in [1.29, 1.82) is 0 Å². The summed E-state index contributed by atoms with van der Waals surface area (Å²) in [5.41, 5.74) is 3.93. The van der Waals surface area contributed by atoms with E-state index in [0.717, 1.165) is 43.4 Å². The van der Waals surface area contributed by atoms with Crippen LogP contribution in [0.25, 0.3) is 5.65 Å². The Hall–Kier alpha value is -2.40. The van der Waals surface area contributed by atoms with Crippen molar-refractivity contribution in [1.82, 2.24) is 19.5 Å². The van der Waals surface area contributed by atoms with Crippen molar-refractivity contribution in [2.75, 3.05) is 13.1 Å². The topological polar surface area (TPSA) is 53.4 Å². The molecule has 1 N–H and O–H groups in total. The number of hydrogen-bond acceptors (Lipinski definition) is 3. The van der Waals surface area contributed by atoms with Gasteiger partial charge in [0.2, 0.25) is 0 Å². The van der Waals surface area contributed by atoms with Crippen molar-refractivity contribution in [2.24, 2.45) is 5.92 Å². The number of H-pyrrole nitrogens is 1. The zero-order valence-corrected chi connectivity index (χ0v) is 15.3. The fourth-order valence-electron chi connectivity index (χ4n) is 4.02. The van der Waals surface area contributed by atoms with Crippen LogP contribution >= 0.6 is 0 Å². The highest BCUT2D eigenvalue weighted by Gasteiger charge is 2.20. The second-order valence-corrected chi connectivity index (χ2v) is 7.49. The molecule has 5 nitrogen and oxygen atoms in total. The molecule has 1 aliphatic rings. The van der Waals surface area contributed by atoms with Crippen LogP contribution in [0.1, 0.15) is 36.2 Å². The SMILES string of the molecule is Cc1cc2nc(CN3CCCC(CCc4ccccc4)C3)cc(=O)n2[nH]1. The molecule has 0 saturated carbocycles. The van der Waals surface area contributed by atoms with E-state index in [4.69, 9.17) is 0 Å². The number of likely N-dealkylation sites (tertiary alicyclic amines) is 1. The maximum absolute atomic E-state index is 12.3. The van der Waals surface area contributed by atoms with E-state index in [1.165, 1.54) is 29.3 Å². The van der Waals surface area contributed by atoms with Gasteiger partial charge in [-0.15, -0.1) is 0 Å². The molecular weight excluding hydrogens is 324 g/mol. The predicted octanol–water partition coefficient (Wildman–Crippen LogP) is 3.18. The van der Waals surface area contributed by atoms with E-state index in [0.29, 0.717) is 5.65 Å². The molecule has 136 valence electrons. The minimum atomic E-state index is -0.0317. The molecule has 1 fully saturated rings. The van der Waals surface area contributed by atoms with Gasteiger partial charge in [0.25, 0.3) is 5.56 Å². The molecule has 26 heavy (non-hydrogen) atoms. The minimum Gasteiger partial charge on any atom is -0.297 e. The second kappa shape index (κ2) is 7.46. The van der Waals surface area contributed by atoms with Crippen LogP contribution in [-0.4, -0.2) is 32.6 Å². The first kappa shape index (κ1) is 17.0. The van der Waals surface area contributed by atoms with Crippen molar-refractivity contribution >= 4 is 5.65 Å². The van der Waals surface area contributed by atoms with E-state index in [2.05, 4.69) is 45.3 Å². The Kier molecular flexibility index (Phi) is 4.89. The molecule has 3 aromatic rings. The summed E-state index contributed by atoms with van der Waals surface area (Å²) in [6, 6.07) is 14.3. The molecule has 0 bridgehead atoms. The van der Waals surface area contributed by atoms with Gasteiger partial charge in [0.05, 0.1) is 5.69 Å². The maximum Gasteiger partial charge on any atom is 0.272 e. The van der Waals surface area contributed by atoms with Gasteiger partial charge < -0.3 is 0 Å². The van der Waals surface area contributed by atoms with Crippen LogP contribution in [0, 0.1) is 12.8 Å². The molecule has 0 amide bonds. The lowest BCUT2D eigenvalue weighted by Crippen LogP contribution is -2.35. The third-order valence-electron chi connectivity index (χ3n) is 5.30. The fourth-order valence-corrected chi connectivity index (χ4v) is 4.02. The number of hydrogen-bond donors (Lipinski definition) is 1. The lowest BCUT2D eigenvalue weighted by Gasteiger charge is -2.32. The van der Waals surface area contributed by atoms with Gasteiger partial charge in [-0.25, -0.2) is 9.50 Å². The van der Waals surface area contributed by atoms with Crippen molar-refractivity contribution in [2.45, 2.75) is 39.2 Å². The molecule has 0 spiro atoms. The monoisotopic (exact) mass is 350 g/mol. The van der Waals surface area contributed by atoms with Gasteiger partial charge in [-0.1, -0.05) is 30.3 Å². The predicted molar refractivity (Wildman–Crippen MR) is 103 cm³/mol. The summed E-state index contributed by atoms with van der Waals surface area (Å²) >= 11 is 0. The zero-order valence-electron chi connectivity index (χ0n) is 15.3. The third-order valence-corrected chi connectivity index (χ3v) is 5.30. The molecule has 1 aliphatic heterocycles. The van der Waals surface area contributed by atoms with Crippen molar-refractivity contribution in [3.8, 4) is 0 Å². The van der Waals surface area contributed by atoms with Gasteiger partial charge >= 0.3 is 0 Å². The summed E-state index contributed by atoms with van der Waals surface area (Å²) in [6.07, 6.45) is 4.90. The molecule has 1 saturated heterocycles. The Bertz CT molecular complexity index is 928. The van der Waals surface area contributed by atoms with Gasteiger partial charge in [-0.05, 0) is 50.6 Å². The molecule has 5 heteroatoms. The smallest absolute Gasteiger partial charge is 0.272 e. The van der Waals surface area contributed by atoms with Crippen molar-refractivity contribution in [3.63, 3.8) is 0 Å². The van der Waals surface area contributed by atoms with Gasteiger partial charge in [-0.2, -0.15) is 0 Å². The summed E-state index contributed by atoms with van der Waals surface area (Å²) in [5, 5.41) is 3.02. The lowest BCUT2D eigenvalue weighted by molar-refractivity contribution is 0.160. The third kappa shape index (κ3) is 3.88. The number of rotatable bonds is 5. The van der Waals surface area contributed by atoms with Gasteiger partial charge in [-0.3, -0.25) is 14.8 Å². The van der Waals surface area contributed by atoms with Crippen LogP contribution in [0.2, 0.25) is 0 Å². The van der Waals surface area contributed by atoms with Crippen molar-refractivity contribution < 1.29 is 0 Å². The number of aryl methyl sites for hydroxylation is 2. The van der Waals surface area contributed by atoms with Crippen molar-refractivity contribution in [3.05, 3.63) is 69.8 Å². The number of nitrogens with zero attached hydrogens (tertiary/aromatic N) is 3. The van der Waals surface area contributed by atoms with E-state index < -0.39 is 0 Å². The second-order valence-electron chi connectivity index (χ2n) is 7.49. The summed E-state index contributed by atoms with van der Waals surface area (Å²) in [5.74, 6) is 0.725. The molecule has 1 unspecified atom stereocenters. The van der Waals surface area contributed by atoms with Crippen LogP contribution in [0.15, 0.2) is 47.3 Å². The van der Waals surface area contributed by atoms with Crippen LogP contribution in [0.4, 0.5) is 0 Å². The van der Waals surface area contributed by atoms with E-state index in [-0.39, 0.29) is 5.56 Å². The summed E-state index contributed by atoms with van der Waals surface area (Å²) < 4.78 is 1.51. The number of nitrogens with one attached hydrogen (secondary N) is 1. The average molecular weight is 350 g/mol. The van der Waals surface area contributed by atoms with Crippen LogP contribution in [-0.2, 0) is 13.0 Å². The van der Waals surface area contributed by atoms with Crippen LogP contribution < -0.4 is 5.56 Å². The highest BCUT2D eigenvalue weighted by Crippen LogP contribution is 2.22. The normalized spacial score (nSPS) is 18.4. The Balaban J connectivity index is 1.39. The summed E-state index contributed by atoms with van der Waals surface area (Å²) in [4.78, 5) is 19.4. The Morgan fingerprint density at radius 3 is 2.92 bits per heavy atom. The van der Waals surface area contributed by atoms with Gasteiger partial charge in [0, 0.05) is 30.9 Å². The number of benzene rings is 1. The number of aromatic nitrogens is 3. The zero-order chi connectivity index (χ0) is 17.9. The van der Waals surface area contributed by atoms with E-state index in [9.17, 15) is 4.79 Å². The van der Waals surface area contributed by atoms with Gasteiger partial charge in [0.1, 0.15) is 0 Å². The number of fused-ring (bicyclic) bond motifs is 1. The molecule has 0 radical (unpaired) electrons. The quantitative estimate of drug-likeness (QED) is 0.769. The highest BCUT2D eigenvalue weighted by atomic mass is 16.1. The highest BCUT2D eigenvalue weighted by molar-refractivity contribution is 5.39. The largest absolute Gasteiger partial charge is 0.297 e. The fraction of sp³-hybridized carbons (Fsp3) is 0.429. The average Bonchev–Trinajstić information content (AvgIpc) is 3.02. The first-order valence-corrected chi connectivity index (χ1v) is 9.52. The molecular formula is C21H26N4O. The Morgan fingerprint density at radius 1 is 1.23 bits per heavy atom. The first-order valence-electron chi connectivity index (χ1n) is 9.52. The molecule has 2 aromatic heterocycles.